The third kappa shape index (κ3) is 6.05. The van der Waals surface area contributed by atoms with Crippen molar-refractivity contribution >= 4 is 23.6 Å². The van der Waals surface area contributed by atoms with E-state index in [4.69, 9.17) is 9.47 Å². The number of hydrogen-bond donors (Lipinski definition) is 1. The van der Waals surface area contributed by atoms with E-state index in [0.717, 1.165) is 18.6 Å². The van der Waals surface area contributed by atoms with Crippen molar-refractivity contribution < 1.29 is 19.1 Å². The number of carbonyl (C=O) groups is 2. The molecule has 26 heavy (non-hydrogen) atoms. The average molecular weight is 382 g/mol. The molecule has 2 rings (SSSR count). The number of nitrogens with zero attached hydrogens (tertiary/aromatic N) is 3. The SMILES string of the molecule is COc1nccc(OC2CCCN(C(=O)C(CCSC)NC(C)=O)C2)n1. The van der Waals surface area contributed by atoms with Gasteiger partial charge in [-0.2, -0.15) is 16.7 Å². The zero-order valence-corrected chi connectivity index (χ0v) is 16.3. The first-order chi connectivity index (χ1) is 12.5. The van der Waals surface area contributed by atoms with E-state index in [0.29, 0.717) is 25.4 Å². The lowest BCUT2D eigenvalue weighted by Crippen LogP contribution is -2.52. The summed E-state index contributed by atoms with van der Waals surface area (Å²) in [7, 11) is 1.50. The molecule has 0 spiro atoms. The first kappa shape index (κ1) is 20.3. The molecule has 0 aliphatic carbocycles. The molecule has 2 heterocycles. The van der Waals surface area contributed by atoms with Crippen LogP contribution in [0.3, 0.4) is 0 Å². The molecular formula is C17H26N4O4S. The molecule has 0 bridgehead atoms. The summed E-state index contributed by atoms with van der Waals surface area (Å²) in [6.07, 6.45) is 5.70. The summed E-state index contributed by atoms with van der Waals surface area (Å²) in [6.45, 7) is 2.58. The molecular weight excluding hydrogens is 356 g/mol. The van der Waals surface area contributed by atoms with Crippen LogP contribution in [-0.2, 0) is 9.59 Å². The average Bonchev–Trinajstić information content (AvgIpc) is 2.64. The summed E-state index contributed by atoms with van der Waals surface area (Å²) in [6, 6.07) is 1.42. The molecule has 2 atom stereocenters. The Morgan fingerprint density at radius 1 is 1.50 bits per heavy atom. The minimum Gasteiger partial charge on any atom is -0.472 e. The lowest BCUT2D eigenvalue weighted by Gasteiger charge is -2.34. The number of amides is 2. The van der Waals surface area contributed by atoms with Crippen molar-refractivity contribution in [1.82, 2.24) is 20.2 Å². The van der Waals surface area contributed by atoms with E-state index in [9.17, 15) is 9.59 Å². The van der Waals surface area contributed by atoms with Gasteiger partial charge in [0, 0.05) is 25.7 Å². The molecule has 1 N–H and O–H groups in total. The highest BCUT2D eigenvalue weighted by molar-refractivity contribution is 7.98. The Bertz CT molecular complexity index is 616. The van der Waals surface area contributed by atoms with Crippen LogP contribution in [0.2, 0.25) is 0 Å². The molecule has 1 aliphatic heterocycles. The van der Waals surface area contributed by atoms with Gasteiger partial charge in [-0.15, -0.1) is 0 Å². The summed E-state index contributed by atoms with van der Waals surface area (Å²) in [5.41, 5.74) is 0. The minimum atomic E-state index is -0.488. The third-order valence-electron chi connectivity index (χ3n) is 4.05. The summed E-state index contributed by atoms with van der Waals surface area (Å²) in [5.74, 6) is 0.993. The zero-order valence-electron chi connectivity index (χ0n) is 15.4. The molecule has 1 saturated heterocycles. The number of methoxy groups -OCH3 is 1. The van der Waals surface area contributed by atoms with Crippen LogP contribution in [0.25, 0.3) is 0 Å². The van der Waals surface area contributed by atoms with Gasteiger partial charge in [0.2, 0.25) is 17.7 Å². The molecule has 0 radical (unpaired) electrons. The van der Waals surface area contributed by atoms with Gasteiger partial charge in [0.15, 0.2) is 0 Å². The Labute approximate surface area is 158 Å². The second-order valence-corrected chi connectivity index (χ2v) is 7.07. The third-order valence-corrected chi connectivity index (χ3v) is 4.70. The van der Waals surface area contributed by atoms with Crippen LogP contribution >= 0.6 is 11.8 Å². The van der Waals surface area contributed by atoms with Crippen LogP contribution in [0, 0.1) is 0 Å². The van der Waals surface area contributed by atoms with Crippen LogP contribution in [0.15, 0.2) is 12.3 Å². The topological polar surface area (TPSA) is 93.7 Å². The maximum Gasteiger partial charge on any atom is 0.319 e. The molecule has 2 unspecified atom stereocenters. The van der Waals surface area contributed by atoms with E-state index in [1.165, 1.54) is 14.0 Å². The summed E-state index contributed by atoms with van der Waals surface area (Å²) in [5, 5.41) is 2.77. The Balaban J connectivity index is 1.98. The van der Waals surface area contributed by atoms with Crippen molar-refractivity contribution in [2.75, 3.05) is 32.2 Å². The highest BCUT2D eigenvalue weighted by atomic mass is 32.2. The number of nitrogens with one attached hydrogen (secondary N) is 1. The Hall–Kier alpha value is -2.03. The van der Waals surface area contributed by atoms with Crippen molar-refractivity contribution in [2.45, 2.75) is 38.3 Å². The van der Waals surface area contributed by atoms with E-state index < -0.39 is 6.04 Å². The molecule has 0 saturated carbocycles. The van der Waals surface area contributed by atoms with Crippen molar-refractivity contribution in [3.63, 3.8) is 0 Å². The number of carbonyl (C=O) groups excluding carboxylic acids is 2. The quantitative estimate of drug-likeness (QED) is 0.720. The van der Waals surface area contributed by atoms with Crippen LogP contribution < -0.4 is 14.8 Å². The van der Waals surface area contributed by atoms with E-state index in [-0.39, 0.29) is 23.9 Å². The van der Waals surface area contributed by atoms with Gasteiger partial charge in [-0.3, -0.25) is 9.59 Å². The molecule has 144 valence electrons. The van der Waals surface area contributed by atoms with Crippen LogP contribution in [0.1, 0.15) is 26.2 Å². The van der Waals surface area contributed by atoms with Crippen LogP contribution in [0.5, 0.6) is 11.9 Å². The predicted molar refractivity (Wildman–Crippen MR) is 99.4 cm³/mol. The zero-order chi connectivity index (χ0) is 18.9. The van der Waals surface area contributed by atoms with Gasteiger partial charge < -0.3 is 19.7 Å². The van der Waals surface area contributed by atoms with Crippen molar-refractivity contribution in [3.8, 4) is 11.9 Å². The normalized spacial score (nSPS) is 18.1. The molecule has 9 heteroatoms. The molecule has 0 aromatic carbocycles. The minimum absolute atomic E-state index is 0.0529. The van der Waals surface area contributed by atoms with E-state index in [1.807, 2.05) is 6.26 Å². The lowest BCUT2D eigenvalue weighted by molar-refractivity contribution is -0.138. The number of ether oxygens (including phenoxy) is 2. The Kier molecular flexibility index (Phi) is 7.96. The van der Waals surface area contributed by atoms with Crippen molar-refractivity contribution in [3.05, 3.63) is 12.3 Å². The highest BCUT2D eigenvalue weighted by Gasteiger charge is 2.30. The fraction of sp³-hybridized carbons (Fsp3) is 0.647. The van der Waals surface area contributed by atoms with Gasteiger partial charge >= 0.3 is 6.01 Å². The largest absolute Gasteiger partial charge is 0.472 e. The van der Waals surface area contributed by atoms with Gasteiger partial charge in [0.05, 0.1) is 13.7 Å². The van der Waals surface area contributed by atoms with E-state index >= 15 is 0 Å². The number of rotatable bonds is 8. The first-order valence-corrected chi connectivity index (χ1v) is 10.0. The molecule has 8 nitrogen and oxygen atoms in total. The summed E-state index contributed by atoms with van der Waals surface area (Å²) < 4.78 is 10.9. The van der Waals surface area contributed by atoms with Gasteiger partial charge in [0.1, 0.15) is 12.1 Å². The van der Waals surface area contributed by atoms with Crippen LogP contribution in [-0.4, -0.2) is 71.0 Å². The lowest BCUT2D eigenvalue weighted by atomic mass is 10.1. The van der Waals surface area contributed by atoms with Gasteiger partial charge in [0.25, 0.3) is 0 Å². The number of likely N-dealkylation sites (tertiary alicyclic amines) is 1. The number of hydrogen-bond acceptors (Lipinski definition) is 7. The monoisotopic (exact) mass is 382 g/mol. The molecule has 2 amide bonds. The van der Waals surface area contributed by atoms with Crippen molar-refractivity contribution in [1.29, 1.82) is 0 Å². The summed E-state index contributed by atoms with van der Waals surface area (Å²) >= 11 is 1.65. The fourth-order valence-electron chi connectivity index (χ4n) is 2.85. The van der Waals surface area contributed by atoms with Gasteiger partial charge in [-0.25, -0.2) is 4.98 Å². The smallest absolute Gasteiger partial charge is 0.319 e. The molecule has 1 aromatic rings. The standard InChI is InChI=1S/C17H26N4O4S/c1-12(22)19-14(7-10-26-3)16(23)21-9-4-5-13(11-21)25-15-6-8-18-17(20-15)24-2/h6,8,13-14H,4-5,7,9-11H2,1-3H3,(H,19,22). The number of piperidine rings is 1. The van der Waals surface area contributed by atoms with E-state index in [2.05, 4.69) is 15.3 Å². The second kappa shape index (κ2) is 10.2. The first-order valence-electron chi connectivity index (χ1n) is 8.62. The van der Waals surface area contributed by atoms with Gasteiger partial charge in [-0.05, 0) is 31.3 Å². The second-order valence-electron chi connectivity index (χ2n) is 6.08. The Morgan fingerprint density at radius 2 is 2.31 bits per heavy atom. The fourth-order valence-corrected chi connectivity index (χ4v) is 3.32. The maximum absolute atomic E-state index is 12.8. The van der Waals surface area contributed by atoms with E-state index in [1.54, 1.807) is 28.9 Å². The Morgan fingerprint density at radius 3 is 3.00 bits per heavy atom. The number of thioether (sulfide) groups is 1. The van der Waals surface area contributed by atoms with Crippen LogP contribution in [0.4, 0.5) is 0 Å². The summed E-state index contributed by atoms with van der Waals surface area (Å²) in [4.78, 5) is 34.1. The molecule has 1 fully saturated rings. The van der Waals surface area contributed by atoms with Crippen molar-refractivity contribution in [2.24, 2.45) is 0 Å². The highest BCUT2D eigenvalue weighted by Crippen LogP contribution is 2.19. The maximum atomic E-state index is 12.8. The molecule has 1 aromatic heterocycles. The predicted octanol–water partition coefficient (Wildman–Crippen LogP) is 1.11. The van der Waals surface area contributed by atoms with Gasteiger partial charge in [-0.1, -0.05) is 0 Å². The molecule has 1 aliphatic rings. The number of aromatic nitrogens is 2.